The van der Waals surface area contributed by atoms with E-state index in [4.69, 9.17) is 18.0 Å². The van der Waals surface area contributed by atoms with Gasteiger partial charge in [-0.05, 0) is 43.9 Å². The average molecular weight is 264 g/mol. The lowest BCUT2D eigenvalue weighted by atomic mass is 10.0. The normalized spacial score (nSPS) is 12.1. The van der Waals surface area contributed by atoms with Crippen LogP contribution >= 0.6 is 11.6 Å². The molecule has 1 atom stereocenters. The molecule has 0 aliphatic heterocycles. The summed E-state index contributed by atoms with van der Waals surface area (Å²) in [4.78, 5) is 0. The summed E-state index contributed by atoms with van der Waals surface area (Å²) in [6.45, 7) is 3.23. The lowest BCUT2D eigenvalue weighted by Gasteiger charge is -2.18. The number of hydrogen-bond acceptors (Lipinski definition) is 1. The second kappa shape index (κ2) is 9.03. The van der Waals surface area contributed by atoms with Crippen LogP contribution in [0.5, 0.6) is 0 Å². The van der Waals surface area contributed by atoms with Crippen LogP contribution < -0.4 is 5.32 Å². The quantitative estimate of drug-likeness (QED) is 0.551. The number of terminal acetylenes is 1. The summed E-state index contributed by atoms with van der Waals surface area (Å²) in [5.74, 6) is 2.70. The molecule has 0 fully saturated rings. The van der Waals surface area contributed by atoms with E-state index < -0.39 is 0 Å². The fraction of sp³-hybridized carbons (Fsp3) is 0.500. The molecule has 0 heterocycles. The molecule has 1 N–H and O–H groups in total. The zero-order valence-corrected chi connectivity index (χ0v) is 11.8. The van der Waals surface area contributed by atoms with Crippen LogP contribution in [0.25, 0.3) is 0 Å². The number of nitrogens with one attached hydrogen (secondary N) is 1. The van der Waals surface area contributed by atoms with Crippen molar-refractivity contribution in [2.75, 3.05) is 6.54 Å². The van der Waals surface area contributed by atoms with Gasteiger partial charge in [0.05, 0.1) is 0 Å². The molecule has 0 saturated heterocycles. The van der Waals surface area contributed by atoms with Gasteiger partial charge in [0, 0.05) is 17.5 Å². The van der Waals surface area contributed by atoms with E-state index in [9.17, 15) is 0 Å². The van der Waals surface area contributed by atoms with Crippen LogP contribution in [0.1, 0.15) is 38.2 Å². The third-order valence-corrected chi connectivity index (χ3v) is 3.35. The molecule has 2 heteroatoms. The van der Waals surface area contributed by atoms with Crippen LogP contribution in [0.3, 0.4) is 0 Å². The third kappa shape index (κ3) is 5.58. The van der Waals surface area contributed by atoms with Gasteiger partial charge in [-0.25, -0.2) is 0 Å². The summed E-state index contributed by atoms with van der Waals surface area (Å²) in [7, 11) is 0. The molecule has 0 aliphatic carbocycles. The molecular weight excluding hydrogens is 242 g/mol. The average Bonchev–Trinajstić information content (AvgIpc) is 2.38. The molecule has 0 amide bonds. The van der Waals surface area contributed by atoms with E-state index in [1.54, 1.807) is 0 Å². The molecule has 0 spiro atoms. The summed E-state index contributed by atoms with van der Waals surface area (Å²) in [6.07, 6.45) is 10.5. The first-order chi connectivity index (χ1) is 8.77. The number of benzene rings is 1. The minimum atomic E-state index is 0.471. The summed E-state index contributed by atoms with van der Waals surface area (Å²) >= 11 is 6.20. The highest BCUT2D eigenvalue weighted by Crippen LogP contribution is 2.18. The van der Waals surface area contributed by atoms with Gasteiger partial charge < -0.3 is 5.32 Å². The van der Waals surface area contributed by atoms with E-state index in [1.807, 2.05) is 18.2 Å². The highest BCUT2D eigenvalue weighted by molar-refractivity contribution is 6.31. The first-order valence-electron chi connectivity index (χ1n) is 6.68. The first-order valence-corrected chi connectivity index (χ1v) is 7.06. The standard InChI is InChI=1S/C16H22ClN/c1-3-5-6-10-15(18-12-4-2)13-14-9-7-8-11-16(14)17/h1,7-9,11,15,18H,4-6,10,12-13H2,2H3. The van der Waals surface area contributed by atoms with Crippen molar-refractivity contribution in [3.05, 3.63) is 34.9 Å². The predicted molar refractivity (Wildman–Crippen MR) is 79.9 cm³/mol. The molecule has 0 saturated carbocycles. The van der Waals surface area contributed by atoms with Crippen LogP contribution in [-0.2, 0) is 6.42 Å². The largest absolute Gasteiger partial charge is 0.314 e. The van der Waals surface area contributed by atoms with Crippen LogP contribution in [-0.4, -0.2) is 12.6 Å². The second-order valence-corrected chi connectivity index (χ2v) is 4.95. The van der Waals surface area contributed by atoms with E-state index in [0.29, 0.717) is 6.04 Å². The van der Waals surface area contributed by atoms with Crippen molar-refractivity contribution in [2.24, 2.45) is 0 Å². The van der Waals surface area contributed by atoms with E-state index in [-0.39, 0.29) is 0 Å². The van der Waals surface area contributed by atoms with Gasteiger partial charge in [-0.2, -0.15) is 0 Å². The molecule has 1 rings (SSSR count). The Hall–Kier alpha value is -0.970. The third-order valence-electron chi connectivity index (χ3n) is 2.98. The molecule has 0 aliphatic rings. The Balaban J connectivity index is 2.54. The fourth-order valence-corrected chi connectivity index (χ4v) is 2.22. The predicted octanol–water partition coefficient (Wildman–Crippen LogP) is 4.05. The number of hydrogen-bond donors (Lipinski definition) is 1. The van der Waals surface area contributed by atoms with Gasteiger partial charge in [0.15, 0.2) is 0 Å². The SMILES string of the molecule is C#CCCCC(Cc1ccccc1Cl)NCCC. The van der Waals surface area contributed by atoms with Gasteiger partial charge >= 0.3 is 0 Å². The second-order valence-electron chi connectivity index (χ2n) is 4.54. The Labute approximate surface area is 116 Å². The van der Waals surface area contributed by atoms with Gasteiger partial charge in [-0.15, -0.1) is 12.3 Å². The Kier molecular flexibility index (Phi) is 7.57. The van der Waals surface area contributed by atoms with Gasteiger partial charge in [-0.3, -0.25) is 0 Å². The first kappa shape index (κ1) is 15.1. The number of halogens is 1. The van der Waals surface area contributed by atoms with Crippen LogP contribution in [0.15, 0.2) is 24.3 Å². The van der Waals surface area contributed by atoms with Crippen molar-refractivity contribution in [2.45, 2.75) is 45.1 Å². The molecule has 0 bridgehead atoms. The van der Waals surface area contributed by atoms with Crippen LogP contribution in [0.2, 0.25) is 5.02 Å². The summed E-state index contributed by atoms with van der Waals surface area (Å²) in [6, 6.07) is 8.54. The van der Waals surface area contributed by atoms with Gasteiger partial charge in [0.2, 0.25) is 0 Å². The van der Waals surface area contributed by atoms with Crippen molar-refractivity contribution < 1.29 is 0 Å². The van der Waals surface area contributed by atoms with E-state index in [2.05, 4.69) is 24.2 Å². The molecule has 1 aromatic carbocycles. The molecular formula is C16H22ClN. The molecule has 98 valence electrons. The topological polar surface area (TPSA) is 12.0 Å². The van der Waals surface area contributed by atoms with Gasteiger partial charge in [0.25, 0.3) is 0 Å². The Morgan fingerprint density at radius 2 is 2.17 bits per heavy atom. The lowest BCUT2D eigenvalue weighted by molar-refractivity contribution is 0.467. The highest BCUT2D eigenvalue weighted by atomic mass is 35.5. The molecule has 1 nitrogen and oxygen atoms in total. The Bertz CT molecular complexity index is 381. The van der Waals surface area contributed by atoms with Crippen molar-refractivity contribution in [1.82, 2.24) is 5.32 Å². The summed E-state index contributed by atoms with van der Waals surface area (Å²) in [5.41, 5.74) is 1.22. The molecule has 1 unspecified atom stereocenters. The molecule has 0 radical (unpaired) electrons. The van der Waals surface area contributed by atoms with E-state index in [0.717, 1.165) is 43.7 Å². The summed E-state index contributed by atoms with van der Waals surface area (Å²) < 4.78 is 0. The lowest BCUT2D eigenvalue weighted by Crippen LogP contribution is -2.31. The maximum atomic E-state index is 6.20. The minimum Gasteiger partial charge on any atom is -0.314 e. The Morgan fingerprint density at radius 3 is 2.83 bits per heavy atom. The highest BCUT2D eigenvalue weighted by Gasteiger charge is 2.10. The smallest absolute Gasteiger partial charge is 0.0438 e. The van der Waals surface area contributed by atoms with Crippen molar-refractivity contribution in [3.8, 4) is 12.3 Å². The van der Waals surface area contributed by atoms with E-state index >= 15 is 0 Å². The summed E-state index contributed by atoms with van der Waals surface area (Å²) in [5, 5.41) is 4.44. The minimum absolute atomic E-state index is 0.471. The zero-order chi connectivity index (χ0) is 13.2. The monoisotopic (exact) mass is 263 g/mol. The molecule has 0 aromatic heterocycles. The van der Waals surface area contributed by atoms with Crippen molar-refractivity contribution in [1.29, 1.82) is 0 Å². The van der Waals surface area contributed by atoms with Gasteiger partial charge in [0.1, 0.15) is 0 Å². The van der Waals surface area contributed by atoms with E-state index in [1.165, 1.54) is 5.56 Å². The maximum Gasteiger partial charge on any atom is 0.0438 e. The fourth-order valence-electron chi connectivity index (χ4n) is 2.00. The van der Waals surface area contributed by atoms with Crippen molar-refractivity contribution >= 4 is 11.6 Å². The maximum absolute atomic E-state index is 6.20. The molecule has 1 aromatic rings. The molecule has 18 heavy (non-hydrogen) atoms. The van der Waals surface area contributed by atoms with Crippen LogP contribution in [0.4, 0.5) is 0 Å². The number of rotatable bonds is 8. The Morgan fingerprint density at radius 1 is 1.39 bits per heavy atom. The zero-order valence-electron chi connectivity index (χ0n) is 11.1. The number of unbranched alkanes of at least 4 members (excludes halogenated alkanes) is 1. The van der Waals surface area contributed by atoms with Crippen molar-refractivity contribution in [3.63, 3.8) is 0 Å². The van der Waals surface area contributed by atoms with Crippen LogP contribution in [0, 0.1) is 12.3 Å². The van der Waals surface area contributed by atoms with Gasteiger partial charge in [-0.1, -0.05) is 36.7 Å².